The molecule has 0 fully saturated rings. The van der Waals surface area contributed by atoms with Crippen molar-refractivity contribution in [2.45, 2.75) is 26.3 Å². The molecule has 0 atom stereocenters. The Morgan fingerprint density at radius 1 is 1.30 bits per heavy atom. The summed E-state index contributed by atoms with van der Waals surface area (Å²) in [6.07, 6.45) is 3.34. The Labute approximate surface area is 127 Å². The average Bonchev–Trinajstić information content (AvgIpc) is 2.46. The highest BCUT2D eigenvalue weighted by Crippen LogP contribution is 2.27. The number of rotatable bonds is 2. The zero-order valence-electron chi connectivity index (χ0n) is 11.1. The highest BCUT2D eigenvalue weighted by Gasteiger charge is 2.18. The van der Waals surface area contributed by atoms with E-state index in [0.29, 0.717) is 21.6 Å². The van der Waals surface area contributed by atoms with Gasteiger partial charge in [0.05, 0.1) is 15.7 Å². The van der Waals surface area contributed by atoms with Crippen molar-refractivity contribution >= 4 is 23.2 Å². The molecule has 1 aliphatic heterocycles. The molecule has 0 unspecified atom stereocenters. The lowest BCUT2D eigenvalue weighted by atomic mass is 10.0. The first-order valence-electron chi connectivity index (χ1n) is 6.60. The van der Waals surface area contributed by atoms with Crippen molar-refractivity contribution in [2.75, 3.05) is 6.54 Å². The smallest absolute Gasteiger partial charge is 0.180 e. The van der Waals surface area contributed by atoms with Crippen LogP contribution in [-0.4, -0.2) is 21.5 Å². The molecule has 0 amide bonds. The summed E-state index contributed by atoms with van der Waals surface area (Å²) in [5.41, 5.74) is 3.96. The van der Waals surface area contributed by atoms with Crippen LogP contribution in [0.3, 0.4) is 0 Å². The normalized spacial score (nSPS) is 14.2. The van der Waals surface area contributed by atoms with E-state index >= 15 is 0 Å². The van der Waals surface area contributed by atoms with Crippen LogP contribution in [0.4, 0.5) is 0 Å². The number of pyridine rings is 1. The highest BCUT2D eigenvalue weighted by molar-refractivity contribution is 6.35. The molecule has 0 radical (unpaired) electrons. The van der Waals surface area contributed by atoms with Crippen molar-refractivity contribution in [3.63, 3.8) is 0 Å². The summed E-state index contributed by atoms with van der Waals surface area (Å²) in [4.78, 5) is 13.5. The van der Waals surface area contributed by atoms with Gasteiger partial charge in [0.15, 0.2) is 5.82 Å². The fraction of sp³-hybridized carbons (Fsp3) is 0.357. The third-order valence-corrected chi connectivity index (χ3v) is 3.87. The number of aryl methyl sites for hydroxylation is 1. The molecule has 0 bridgehead atoms. The maximum atomic E-state index is 6.20. The Morgan fingerprint density at radius 3 is 2.90 bits per heavy atom. The van der Waals surface area contributed by atoms with Crippen LogP contribution in [0.2, 0.25) is 10.0 Å². The molecule has 3 rings (SSSR count). The van der Waals surface area contributed by atoms with Gasteiger partial charge in [-0.15, -0.1) is 0 Å². The first-order chi connectivity index (χ1) is 9.69. The van der Waals surface area contributed by atoms with Gasteiger partial charge in [-0.3, -0.25) is 0 Å². The molecular weight excluding hydrogens is 295 g/mol. The summed E-state index contributed by atoms with van der Waals surface area (Å²) >= 11 is 12.1. The van der Waals surface area contributed by atoms with Crippen molar-refractivity contribution < 1.29 is 0 Å². The van der Waals surface area contributed by atoms with Crippen molar-refractivity contribution in [3.8, 4) is 11.5 Å². The molecule has 1 aliphatic rings. The molecule has 104 valence electrons. The lowest BCUT2D eigenvalue weighted by Crippen LogP contribution is -2.26. The Hall–Kier alpha value is -1.23. The van der Waals surface area contributed by atoms with Gasteiger partial charge in [-0.2, -0.15) is 0 Å². The second-order valence-corrected chi connectivity index (χ2v) is 5.53. The van der Waals surface area contributed by atoms with Crippen molar-refractivity contribution in [2.24, 2.45) is 0 Å². The maximum absolute atomic E-state index is 6.20. The number of nitrogens with zero attached hydrogens (tertiary/aromatic N) is 3. The van der Waals surface area contributed by atoms with Crippen LogP contribution in [0.1, 0.15) is 23.9 Å². The van der Waals surface area contributed by atoms with E-state index in [1.807, 2.05) is 0 Å². The van der Waals surface area contributed by atoms with Gasteiger partial charge in [0.1, 0.15) is 5.69 Å². The van der Waals surface area contributed by atoms with Crippen LogP contribution in [0.5, 0.6) is 0 Å². The third-order valence-electron chi connectivity index (χ3n) is 3.37. The average molecular weight is 309 g/mol. The lowest BCUT2D eigenvalue weighted by Gasteiger charge is -2.19. The first-order valence-corrected chi connectivity index (χ1v) is 7.35. The van der Waals surface area contributed by atoms with E-state index in [-0.39, 0.29) is 0 Å². The predicted octanol–water partition coefficient (Wildman–Crippen LogP) is 3.05. The van der Waals surface area contributed by atoms with Crippen LogP contribution >= 0.6 is 23.2 Å². The second kappa shape index (κ2) is 5.64. The van der Waals surface area contributed by atoms with E-state index in [2.05, 4.69) is 27.2 Å². The van der Waals surface area contributed by atoms with Gasteiger partial charge in [-0.25, -0.2) is 15.0 Å². The quantitative estimate of drug-likeness (QED) is 0.926. The van der Waals surface area contributed by atoms with Gasteiger partial charge >= 0.3 is 0 Å². The van der Waals surface area contributed by atoms with Gasteiger partial charge in [0, 0.05) is 37.0 Å². The Bertz CT molecular complexity index is 641. The fourth-order valence-corrected chi connectivity index (χ4v) is 2.86. The highest BCUT2D eigenvalue weighted by atomic mass is 35.5. The summed E-state index contributed by atoms with van der Waals surface area (Å²) in [7, 11) is 0. The SMILES string of the molecule is CCc1nc(-c2ncc(Cl)cc2Cl)nc2c1CNCC2. The second-order valence-electron chi connectivity index (χ2n) is 4.68. The predicted molar refractivity (Wildman–Crippen MR) is 80.1 cm³/mol. The molecular formula is C14H14Cl2N4. The molecule has 6 heteroatoms. The van der Waals surface area contributed by atoms with E-state index in [9.17, 15) is 0 Å². The molecule has 1 N–H and O–H groups in total. The zero-order valence-corrected chi connectivity index (χ0v) is 12.6. The molecule has 0 saturated carbocycles. The van der Waals surface area contributed by atoms with Gasteiger partial charge in [-0.1, -0.05) is 30.1 Å². The monoisotopic (exact) mass is 308 g/mol. The molecule has 0 aromatic carbocycles. The molecule has 20 heavy (non-hydrogen) atoms. The minimum absolute atomic E-state index is 0.480. The first kappa shape index (κ1) is 13.7. The number of nitrogens with one attached hydrogen (secondary N) is 1. The largest absolute Gasteiger partial charge is 0.312 e. The number of halogens is 2. The van der Waals surface area contributed by atoms with E-state index in [1.54, 1.807) is 12.3 Å². The van der Waals surface area contributed by atoms with Gasteiger partial charge in [-0.05, 0) is 12.5 Å². The third kappa shape index (κ3) is 2.51. The van der Waals surface area contributed by atoms with Crippen LogP contribution < -0.4 is 5.32 Å². The van der Waals surface area contributed by atoms with E-state index in [0.717, 1.165) is 37.3 Å². The fourth-order valence-electron chi connectivity index (χ4n) is 2.39. The van der Waals surface area contributed by atoms with Gasteiger partial charge < -0.3 is 5.32 Å². The summed E-state index contributed by atoms with van der Waals surface area (Å²) in [5.74, 6) is 0.587. The van der Waals surface area contributed by atoms with Crippen molar-refractivity contribution in [1.82, 2.24) is 20.3 Å². The Kier molecular flexibility index (Phi) is 3.87. The molecule has 2 aromatic heterocycles. The molecule has 0 aliphatic carbocycles. The minimum Gasteiger partial charge on any atom is -0.312 e. The van der Waals surface area contributed by atoms with Crippen molar-refractivity contribution in [1.29, 1.82) is 0 Å². The topological polar surface area (TPSA) is 50.7 Å². The van der Waals surface area contributed by atoms with Gasteiger partial charge in [0.25, 0.3) is 0 Å². The van der Waals surface area contributed by atoms with E-state index in [4.69, 9.17) is 23.2 Å². The van der Waals surface area contributed by atoms with Gasteiger partial charge in [0.2, 0.25) is 0 Å². The van der Waals surface area contributed by atoms with Crippen molar-refractivity contribution in [3.05, 3.63) is 39.3 Å². The van der Waals surface area contributed by atoms with E-state index < -0.39 is 0 Å². The van der Waals surface area contributed by atoms with Crippen LogP contribution in [-0.2, 0) is 19.4 Å². The summed E-state index contributed by atoms with van der Waals surface area (Å²) in [6, 6.07) is 1.67. The maximum Gasteiger partial charge on any atom is 0.180 e. The van der Waals surface area contributed by atoms with Crippen LogP contribution in [0, 0.1) is 0 Å². The standard InChI is InChI=1S/C14H14Cl2N4/c1-2-11-9-7-17-4-3-12(9)20-14(19-11)13-10(16)5-8(15)6-18-13/h5-6,17H,2-4,7H2,1H3. The number of hydrogen-bond donors (Lipinski definition) is 1. The molecule has 4 nitrogen and oxygen atoms in total. The van der Waals surface area contributed by atoms with E-state index in [1.165, 1.54) is 5.56 Å². The molecule has 2 aromatic rings. The molecule has 0 spiro atoms. The molecule has 0 saturated heterocycles. The summed E-state index contributed by atoms with van der Waals surface area (Å²) in [6.45, 7) is 3.87. The number of hydrogen-bond acceptors (Lipinski definition) is 4. The number of aromatic nitrogens is 3. The van der Waals surface area contributed by atoms with Crippen LogP contribution in [0.15, 0.2) is 12.3 Å². The van der Waals surface area contributed by atoms with Crippen LogP contribution in [0.25, 0.3) is 11.5 Å². The summed E-state index contributed by atoms with van der Waals surface area (Å²) in [5, 5.41) is 4.35. The molecule has 3 heterocycles. The Morgan fingerprint density at radius 2 is 2.15 bits per heavy atom. The number of fused-ring (bicyclic) bond motifs is 1. The Balaban J connectivity index is 2.14. The summed E-state index contributed by atoms with van der Waals surface area (Å²) < 4.78 is 0. The minimum atomic E-state index is 0.480. The zero-order chi connectivity index (χ0) is 14.1. The lowest BCUT2D eigenvalue weighted by molar-refractivity contribution is 0.618.